The molecule has 0 saturated carbocycles. The van der Waals surface area contributed by atoms with Crippen LogP contribution in [0.15, 0.2) is 18.3 Å². The number of methoxy groups -OCH3 is 2. The molecule has 0 spiro atoms. The Morgan fingerprint density at radius 2 is 2.06 bits per heavy atom. The highest BCUT2D eigenvalue weighted by atomic mass is 16.5. The summed E-state index contributed by atoms with van der Waals surface area (Å²) in [5, 5.41) is 9.09. The van der Waals surface area contributed by atoms with Crippen LogP contribution in [0.3, 0.4) is 0 Å². The lowest BCUT2D eigenvalue weighted by molar-refractivity contribution is -0.152. The van der Waals surface area contributed by atoms with Gasteiger partial charge in [0.15, 0.2) is 6.10 Å². The fourth-order valence-electron chi connectivity index (χ4n) is 1.72. The van der Waals surface area contributed by atoms with Gasteiger partial charge in [0.2, 0.25) is 0 Å². The SMILES string of the molecule is COc1ccc(C(C)(C)C(OC)C(=O)O)nc1. The van der Waals surface area contributed by atoms with E-state index >= 15 is 0 Å². The summed E-state index contributed by atoms with van der Waals surface area (Å²) in [5.74, 6) is -0.371. The van der Waals surface area contributed by atoms with E-state index in [1.165, 1.54) is 7.11 Å². The summed E-state index contributed by atoms with van der Waals surface area (Å²) in [4.78, 5) is 15.3. The number of hydrogen-bond donors (Lipinski definition) is 1. The van der Waals surface area contributed by atoms with Crippen LogP contribution in [0.5, 0.6) is 5.75 Å². The van der Waals surface area contributed by atoms with Crippen molar-refractivity contribution in [2.24, 2.45) is 0 Å². The zero-order valence-corrected chi connectivity index (χ0v) is 10.4. The molecule has 0 saturated heterocycles. The van der Waals surface area contributed by atoms with E-state index in [0.29, 0.717) is 11.4 Å². The number of aliphatic carboxylic acids is 1. The number of carboxylic acid groups (broad SMARTS) is 1. The number of hydrogen-bond acceptors (Lipinski definition) is 4. The third-order valence-corrected chi connectivity index (χ3v) is 2.75. The van der Waals surface area contributed by atoms with Crippen molar-refractivity contribution >= 4 is 5.97 Å². The summed E-state index contributed by atoms with van der Waals surface area (Å²) in [6.45, 7) is 3.56. The van der Waals surface area contributed by atoms with Crippen LogP contribution in [0.2, 0.25) is 0 Å². The summed E-state index contributed by atoms with van der Waals surface area (Å²) in [5.41, 5.74) is -0.0695. The molecule has 1 unspecified atom stereocenters. The largest absolute Gasteiger partial charge is 0.495 e. The van der Waals surface area contributed by atoms with E-state index in [1.807, 2.05) is 0 Å². The average molecular weight is 239 g/mol. The van der Waals surface area contributed by atoms with Crippen molar-refractivity contribution < 1.29 is 19.4 Å². The molecule has 5 heteroatoms. The lowest BCUT2D eigenvalue weighted by Gasteiger charge is -2.29. The van der Waals surface area contributed by atoms with Gasteiger partial charge < -0.3 is 14.6 Å². The predicted octanol–water partition coefficient (Wildman–Crippen LogP) is 1.47. The highest BCUT2D eigenvalue weighted by Gasteiger charge is 2.38. The quantitative estimate of drug-likeness (QED) is 0.842. The Labute approximate surface area is 100 Å². The van der Waals surface area contributed by atoms with Gasteiger partial charge in [0.05, 0.1) is 13.3 Å². The Kier molecular flexibility index (Phi) is 4.07. The number of pyridine rings is 1. The van der Waals surface area contributed by atoms with Gasteiger partial charge in [-0.15, -0.1) is 0 Å². The molecule has 0 amide bonds. The van der Waals surface area contributed by atoms with Crippen LogP contribution in [-0.2, 0) is 14.9 Å². The molecule has 0 aliphatic rings. The van der Waals surface area contributed by atoms with E-state index in [1.54, 1.807) is 39.3 Å². The van der Waals surface area contributed by atoms with Crippen molar-refractivity contribution in [3.63, 3.8) is 0 Å². The molecule has 0 bridgehead atoms. The lowest BCUT2D eigenvalue weighted by atomic mass is 9.82. The van der Waals surface area contributed by atoms with Crippen LogP contribution in [0.4, 0.5) is 0 Å². The molecule has 1 atom stereocenters. The molecule has 1 aromatic rings. The number of ether oxygens (including phenoxy) is 2. The van der Waals surface area contributed by atoms with Crippen LogP contribution in [0.1, 0.15) is 19.5 Å². The van der Waals surface area contributed by atoms with E-state index in [0.717, 1.165) is 0 Å². The number of rotatable bonds is 5. The van der Waals surface area contributed by atoms with E-state index in [4.69, 9.17) is 14.6 Å². The normalized spacial score (nSPS) is 13.2. The summed E-state index contributed by atoms with van der Waals surface area (Å²) in [6, 6.07) is 3.49. The molecule has 5 nitrogen and oxygen atoms in total. The minimum absolute atomic E-state index is 0.633. The van der Waals surface area contributed by atoms with Crippen LogP contribution in [0, 0.1) is 0 Å². The monoisotopic (exact) mass is 239 g/mol. The highest BCUT2D eigenvalue weighted by Crippen LogP contribution is 2.28. The summed E-state index contributed by atoms with van der Waals surface area (Å²) >= 11 is 0. The topological polar surface area (TPSA) is 68.7 Å². The summed E-state index contributed by atoms with van der Waals surface area (Å²) in [7, 11) is 2.93. The first-order valence-electron chi connectivity index (χ1n) is 5.19. The van der Waals surface area contributed by atoms with Crippen LogP contribution in [-0.4, -0.2) is 36.4 Å². The molecule has 0 aromatic carbocycles. The van der Waals surface area contributed by atoms with Crippen LogP contribution >= 0.6 is 0 Å². The Hall–Kier alpha value is -1.62. The predicted molar refractivity (Wildman–Crippen MR) is 62.2 cm³/mol. The molecule has 0 radical (unpaired) electrons. The van der Waals surface area contributed by atoms with Gasteiger partial charge in [0.25, 0.3) is 0 Å². The van der Waals surface area contributed by atoms with Crippen molar-refractivity contribution in [3.05, 3.63) is 24.0 Å². The summed E-state index contributed by atoms with van der Waals surface area (Å²) < 4.78 is 10.0. The molecule has 94 valence electrons. The third kappa shape index (κ3) is 2.74. The van der Waals surface area contributed by atoms with Gasteiger partial charge in [0.1, 0.15) is 5.75 Å². The molecule has 1 aromatic heterocycles. The van der Waals surface area contributed by atoms with E-state index in [2.05, 4.69) is 4.98 Å². The number of carboxylic acids is 1. The van der Waals surface area contributed by atoms with Gasteiger partial charge in [-0.2, -0.15) is 0 Å². The second-order valence-electron chi connectivity index (χ2n) is 4.26. The summed E-state index contributed by atoms with van der Waals surface area (Å²) in [6.07, 6.45) is 0.620. The fraction of sp³-hybridized carbons (Fsp3) is 0.500. The Morgan fingerprint density at radius 1 is 1.41 bits per heavy atom. The first kappa shape index (κ1) is 13.4. The Bertz CT molecular complexity index is 386. The second kappa shape index (κ2) is 5.14. The smallest absolute Gasteiger partial charge is 0.333 e. The molecular weight excluding hydrogens is 222 g/mol. The van der Waals surface area contributed by atoms with Gasteiger partial charge in [-0.05, 0) is 12.1 Å². The minimum Gasteiger partial charge on any atom is -0.495 e. The highest BCUT2D eigenvalue weighted by molar-refractivity contribution is 5.74. The molecular formula is C12H17NO4. The Morgan fingerprint density at radius 3 is 2.41 bits per heavy atom. The fourth-order valence-corrected chi connectivity index (χ4v) is 1.72. The molecule has 0 fully saturated rings. The van der Waals surface area contributed by atoms with Crippen molar-refractivity contribution in [1.29, 1.82) is 0 Å². The second-order valence-corrected chi connectivity index (χ2v) is 4.26. The van der Waals surface area contributed by atoms with Crippen LogP contribution < -0.4 is 4.74 Å². The van der Waals surface area contributed by atoms with E-state index < -0.39 is 17.5 Å². The number of carbonyl (C=O) groups is 1. The minimum atomic E-state index is -1.00. The van der Waals surface area contributed by atoms with Gasteiger partial charge in [-0.1, -0.05) is 13.8 Å². The van der Waals surface area contributed by atoms with Gasteiger partial charge in [0, 0.05) is 18.2 Å². The van der Waals surface area contributed by atoms with E-state index in [-0.39, 0.29) is 0 Å². The van der Waals surface area contributed by atoms with Crippen molar-refractivity contribution in [3.8, 4) is 5.75 Å². The van der Waals surface area contributed by atoms with Crippen molar-refractivity contribution in [2.75, 3.05) is 14.2 Å². The average Bonchev–Trinajstić information content (AvgIpc) is 2.29. The van der Waals surface area contributed by atoms with Crippen molar-refractivity contribution in [2.45, 2.75) is 25.4 Å². The number of nitrogens with zero attached hydrogens (tertiary/aromatic N) is 1. The zero-order valence-electron chi connectivity index (χ0n) is 10.4. The standard InChI is InChI=1S/C12H17NO4/c1-12(2,10(17-4)11(14)15)9-6-5-8(16-3)7-13-9/h5-7,10H,1-4H3,(H,14,15). The molecule has 1 rings (SSSR count). The van der Waals surface area contributed by atoms with Gasteiger partial charge in [-0.25, -0.2) is 4.79 Å². The maximum Gasteiger partial charge on any atom is 0.333 e. The van der Waals surface area contributed by atoms with Gasteiger partial charge >= 0.3 is 5.97 Å². The van der Waals surface area contributed by atoms with Gasteiger partial charge in [-0.3, -0.25) is 4.98 Å². The lowest BCUT2D eigenvalue weighted by Crippen LogP contribution is -2.42. The molecule has 17 heavy (non-hydrogen) atoms. The maximum atomic E-state index is 11.1. The van der Waals surface area contributed by atoms with Crippen LogP contribution in [0.25, 0.3) is 0 Å². The molecule has 0 aliphatic heterocycles. The first-order valence-corrected chi connectivity index (χ1v) is 5.19. The van der Waals surface area contributed by atoms with E-state index in [9.17, 15) is 4.79 Å². The molecule has 0 aliphatic carbocycles. The third-order valence-electron chi connectivity index (χ3n) is 2.75. The zero-order chi connectivity index (χ0) is 13.1. The molecule has 1 N–H and O–H groups in total. The van der Waals surface area contributed by atoms with Crippen molar-refractivity contribution in [1.82, 2.24) is 4.98 Å². The molecule has 1 heterocycles. The Balaban J connectivity index is 3.06. The number of aromatic nitrogens is 1. The first-order chi connectivity index (χ1) is 7.93. The maximum absolute atomic E-state index is 11.1.